The maximum Gasteiger partial charge on any atom is 0.417 e. The highest BCUT2D eigenvalue weighted by Crippen LogP contribution is 2.34. The van der Waals surface area contributed by atoms with E-state index in [0.717, 1.165) is 12.3 Å². The van der Waals surface area contributed by atoms with Crippen LogP contribution in [-0.4, -0.2) is 41.1 Å². The average Bonchev–Trinajstić information content (AvgIpc) is 2.67. The van der Waals surface area contributed by atoms with E-state index in [2.05, 4.69) is 15.0 Å². The van der Waals surface area contributed by atoms with Crippen molar-refractivity contribution in [1.82, 2.24) is 15.0 Å². The molecule has 146 valence electrons. The second-order valence-corrected chi connectivity index (χ2v) is 6.74. The summed E-state index contributed by atoms with van der Waals surface area (Å²) < 4.78 is 52.6. The Bertz CT molecular complexity index is 1010. The van der Waals surface area contributed by atoms with Crippen molar-refractivity contribution in [3.63, 3.8) is 0 Å². The molecule has 1 saturated heterocycles. The second kappa shape index (κ2) is 7.05. The maximum absolute atomic E-state index is 14.3. The Kier molecular flexibility index (Phi) is 4.70. The monoisotopic (exact) mass is 411 g/mol. The first-order valence-electron chi connectivity index (χ1n) is 8.46. The Hall–Kier alpha value is -2.68. The molecule has 0 unspecified atom stereocenters. The van der Waals surface area contributed by atoms with Crippen molar-refractivity contribution in [3.8, 4) is 0 Å². The Morgan fingerprint density at radius 3 is 2.25 bits per heavy atom. The molecule has 1 fully saturated rings. The lowest BCUT2D eigenvalue weighted by Gasteiger charge is -2.36. The minimum Gasteiger partial charge on any atom is -0.352 e. The molecule has 0 N–H and O–H groups in total. The predicted molar refractivity (Wildman–Crippen MR) is 98.2 cm³/mol. The van der Waals surface area contributed by atoms with E-state index >= 15 is 0 Å². The van der Waals surface area contributed by atoms with E-state index in [9.17, 15) is 17.6 Å². The molecule has 1 aliphatic heterocycles. The largest absolute Gasteiger partial charge is 0.417 e. The zero-order valence-electron chi connectivity index (χ0n) is 14.4. The SMILES string of the molecule is Fc1cccc2ncnc(N3CCN(c4ncc(C(F)(F)F)cc4Cl)CC3)c12. The highest BCUT2D eigenvalue weighted by Gasteiger charge is 2.32. The molecule has 28 heavy (non-hydrogen) atoms. The fourth-order valence-corrected chi connectivity index (χ4v) is 3.53. The summed E-state index contributed by atoms with van der Waals surface area (Å²) in [7, 11) is 0. The Labute approximate surface area is 162 Å². The van der Waals surface area contributed by atoms with Crippen LogP contribution in [0.4, 0.5) is 29.2 Å². The van der Waals surface area contributed by atoms with Gasteiger partial charge >= 0.3 is 6.18 Å². The number of anilines is 2. The van der Waals surface area contributed by atoms with Gasteiger partial charge in [-0.1, -0.05) is 17.7 Å². The van der Waals surface area contributed by atoms with Gasteiger partial charge in [0.15, 0.2) is 0 Å². The van der Waals surface area contributed by atoms with Crippen LogP contribution in [-0.2, 0) is 6.18 Å². The van der Waals surface area contributed by atoms with Gasteiger partial charge in [-0.05, 0) is 18.2 Å². The van der Waals surface area contributed by atoms with Crippen molar-refractivity contribution in [3.05, 3.63) is 53.2 Å². The molecule has 1 aromatic carbocycles. The first-order valence-corrected chi connectivity index (χ1v) is 8.84. The average molecular weight is 412 g/mol. The van der Waals surface area contributed by atoms with Gasteiger partial charge in [0.25, 0.3) is 0 Å². The zero-order chi connectivity index (χ0) is 19.9. The number of halogens is 5. The molecule has 1 aliphatic rings. The van der Waals surface area contributed by atoms with Crippen LogP contribution in [0.25, 0.3) is 10.9 Å². The Balaban J connectivity index is 1.55. The minimum atomic E-state index is -4.49. The minimum absolute atomic E-state index is 0.0539. The number of hydrogen-bond donors (Lipinski definition) is 0. The first kappa shape index (κ1) is 18.7. The van der Waals surface area contributed by atoms with Gasteiger partial charge in [-0.3, -0.25) is 0 Å². The van der Waals surface area contributed by atoms with Crippen molar-refractivity contribution in [2.24, 2.45) is 0 Å². The zero-order valence-corrected chi connectivity index (χ0v) is 15.2. The molecule has 0 spiro atoms. The van der Waals surface area contributed by atoms with Crippen LogP contribution < -0.4 is 9.80 Å². The van der Waals surface area contributed by atoms with E-state index in [0.29, 0.717) is 48.7 Å². The molecule has 5 nitrogen and oxygen atoms in total. The quantitative estimate of drug-likeness (QED) is 0.592. The number of alkyl halides is 3. The molecule has 0 atom stereocenters. The molecule has 0 amide bonds. The molecule has 2 aromatic heterocycles. The third kappa shape index (κ3) is 3.42. The number of nitrogens with zero attached hydrogens (tertiary/aromatic N) is 5. The lowest BCUT2D eigenvalue weighted by atomic mass is 10.2. The highest BCUT2D eigenvalue weighted by molar-refractivity contribution is 6.33. The predicted octanol–water partition coefficient (Wildman–Crippen LogP) is 4.16. The number of hydrogen-bond acceptors (Lipinski definition) is 5. The molecule has 3 aromatic rings. The van der Waals surface area contributed by atoms with Crippen molar-refractivity contribution in [2.75, 3.05) is 36.0 Å². The van der Waals surface area contributed by atoms with E-state index in [4.69, 9.17) is 11.6 Å². The van der Waals surface area contributed by atoms with Gasteiger partial charge in [0.05, 0.1) is 21.5 Å². The summed E-state index contributed by atoms with van der Waals surface area (Å²) in [6.07, 6.45) is -2.33. The van der Waals surface area contributed by atoms with Crippen molar-refractivity contribution in [2.45, 2.75) is 6.18 Å². The number of piperazine rings is 1. The highest BCUT2D eigenvalue weighted by atomic mass is 35.5. The van der Waals surface area contributed by atoms with E-state index in [1.807, 2.05) is 4.90 Å². The Morgan fingerprint density at radius 1 is 0.929 bits per heavy atom. The van der Waals surface area contributed by atoms with Crippen LogP contribution in [0.3, 0.4) is 0 Å². The molecule has 10 heteroatoms. The maximum atomic E-state index is 14.3. The third-order valence-electron chi connectivity index (χ3n) is 4.62. The summed E-state index contributed by atoms with van der Waals surface area (Å²) >= 11 is 6.03. The van der Waals surface area contributed by atoms with Crippen molar-refractivity contribution >= 4 is 34.1 Å². The molecule has 0 aliphatic carbocycles. The van der Waals surface area contributed by atoms with Gasteiger partial charge in [0.1, 0.15) is 23.8 Å². The van der Waals surface area contributed by atoms with Crippen LogP contribution in [0.5, 0.6) is 0 Å². The fourth-order valence-electron chi connectivity index (χ4n) is 3.24. The fraction of sp³-hybridized carbons (Fsp3) is 0.278. The van der Waals surface area contributed by atoms with Gasteiger partial charge in [-0.15, -0.1) is 0 Å². The molecule has 0 saturated carbocycles. The van der Waals surface area contributed by atoms with Crippen LogP contribution in [0.1, 0.15) is 5.56 Å². The standard InChI is InChI=1S/C18H14ClF4N5/c19-12-8-11(18(21,22)23)9-24-16(12)27-4-6-28(7-5-27)17-15-13(20)2-1-3-14(15)25-10-26-17/h1-3,8-10H,4-7H2. The molecular formula is C18H14ClF4N5. The molecule has 0 radical (unpaired) electrons. The van der Waals surface area contributed by atoms with E-state index in [1.165, 1.54) is 12.4 Å². The Morgan fingerprint density at radius 2 is 1.61 bits per heavy atom. The lowest BCUT2D eigenvalue weighted by molar-refractivity contribution is -0.137. The molecule has 0 bridgehead atoms. The van der Waals surface area contributed by atoms with Gasteiger partial charge in [-0.2, -0.15) is 13.2 Å². The second-order valence-electron chi connectivity index (χ2n) is 6.33. The molecular weight excluding hydrogens is 398 g/mol. The molecule has 4 rings (SSSR count). The summed E-state index contributed by atoms with van der Waals surface area (Å²) in [6, 6.07) is 5.54. The topological polar surface area (TPSA) is 45.2 Å². The van der Waals surface area contributed by atoms with Gasteiger partial charge in [0, 0.05) is 32.4 Å². The van der Waals surface area contributed by atoms with Crippen LogP contribution in [0.15, 0.2) is 36.8 Å². The summed E-state index contributed by atoms with van der Waals surface area (Å²) in [4.78, 5) is 15.9. The number of benzene rings is 1. The van der Waals surface area contributed by atoms with E-state index in [-0.39, 0.29) is 5.02 Å². The number of rotatable bonds is 2. The first-order chi connectivity index (χ1) is 13.3. The van der Waals surface area contributed by atoms with E-state index in [1.54, 1.807) is 17.0 Å². The lowest BCUT2D eigenvalue weighted by Crippen LogP contribution is -2.47. The van der Waals surface area contributed by atoms with Gasteiger partial charge in [-0.25, -0.2) is 19.3 Å². The van der Waals surface area contributed by atoms with Gasteiger partial charge < -0.3 is 9.80 Å². The smallest absolute Gasteiger partial charge is 0.352 e. The van der Waals surface area contributed by atoms with Crippen LogP contribution in [0, 0.1) is 5.82 Å². The summed E-state index contributed by atoms with van der Waals surface area (Å²) in [5, 5.41) is 0.297. The summed E-state index contributed by atoms with van der Waals surface area (Å²) in [5.41, 5.74) is -0.373. The number of aromatic nitrogens is 3. The third-order valence-corrected chi connectivity index (χ3v) is 4.90. The van der Waals surface area contributed by atoms with Gasteiger partial charge in [0.2, 0.25) is 0 Å². The summed E-state index contributed by atoms with van der Waals surface area (Å²) in [5.74, 6) is 0.394. The summed E-state index contributed by atoms with van der Waals surface area (Å²) in [6.45, 7) is 1.88. The van der Waals surface area contributed by atoms with Crippen molar-refractivity contribution < 1.29 is 17.6 Å². The van der Waals surface area contributed by atoms with Crippen molar-refractivity contribution in [1.29, 1.82) is 0 Å². The normalized spacial score (nSPS) is 15.3. The van der Waals surface area contributed by atoms with Crippen LogP contribution in [0.2, 0.25) is 5.02 Å². The van der Waals surface area contributed by atoms with Crippen LogP contribution >= 0.6 is 11.6 Å². The van der Waals surface area contributed by atoms with E-state index < -0.39 is 17.6 Å². The molecule has 3 heterocycles. The number of fused-ring (bicyclic) bond motifs is 1. The number of pyridine rings is 1.